The van der Waals surface area contributed by atoms with Crippen molar-refractivity contribution in [3.8, 4) is 17.3 Å². The maximum Gasteiger partial charge on any atom is 0.239 e. The van der Waals surface area contributed by atoms with Crippen LogP contribution in [0.2, 0.25) is 5.28 Å². The molecule has 6 aromatic rings. The molecule has 6 rings (SSSR count). The van der Waals surface area contributed by atoms with Gasteiger partial charge in [-0.3, -0.25) is 4.57 Å². The summed E-state index contributed by atoms with van der Waals surface area (Å²) in [6.07, 6.45) is 0. The van der Waals surface area contributed by atoms with Gasteiger partial charge in [-0.25, -0.2) is 0 Å². The van der Waals surface area contributed by atoms with Gasteiger partial charge >= 0.3 is 0 Å². The van der Waals surface area contributed by atoms with Gasteiger partial charge in [0.15, 0.2) is 5.82 Å². The van der Waals surface area contributed by atoms with Crippen molar-refractivity contribution in [3.05, 3.63) is 96.3 Å². The van der Waals surface area contributed by atoms with Gasteiger partial charge in [-0.05, 0) is 40.6 Å². The summed E-state index contributed by atoms with van der Waals surface area (Å²) in [5, 5.41) is 4.77. The van der Waals surface area contributed by atoms with E-state index in [9.17, 15) is 0 Å². The van der Waals surface area contributed by atoms with Crippen molar-refractivity contribution in [1.29, 1.82) is 0 Å². The van der Waals surface area contributed by atoms with E-state index < -0.39 is 0 Å². The van der Waals surface area contributed by atoms with E-state index in [2.05, 4.69) is 58.5 Å². The van der Waals surface area contributed by atoms with Gasteiger partial charge in [0, 0.05) is 16.3 Å². The molecule has 2 heterocycles. The summed E-state index contributed by atoms with van der Waals surface area (Å²) in [6.45, 7) is 0. The van der Waals surface area contributed by atoms with Crippen LogP contribution in [-0.2, 0) is 0 Å². The van der Waals surface area contributed by atoms with Crippen LogP contribution in [-0.4, -0.2) is 19.5 Å². The highest BCUT2D eigenvalue weighted by molar-refractivity contribution is 6.28. The normalized spacial score (nSPS) is 11.5. The number of fused-ring (bicyclic) bond motifs is 4. The van der Waals surface area contributed by atoms with E-state index in [1.807, 2.05) is 47.0 Å². The molecule has 0 unspecified atom stereocenters. The molecule has 0 saturated carbocycles. The second-order valence-electron chi connectivity index (χ2n) is 7.16. The number of nitrogens with zero attached hydrogens (tertiary/aromatic N) is 4. The summed E-state index contributed by atoms with van der Waals surface area (Å²) in [5.74, 6) is 1.06. The molecule has 30 heavy (non-hydrogen) atoms. The second kappa shape index (κ2) is 6.65. The number of benzene rings is 4. The minimum absolute atomic E-state index is 0.171. The number of halogens is 1. The van der Waals surface area contributed by atoms with Gasteiger partial charge in [-0.1, -0.05) is 72.8 Å². The Kier molecular flexibility index (Phi) is 3.79. The van der Waals surface area contributed by atoms with Crippen LogP contribution in [0.1, 0.15) is 0 Å². The molecule has 0 bridgehead atoms. The molecule has 0 fully saturated rings. The molecule has 0 atom stereocenters. The fourth-order valence-corrected chi connectivity index (χ4v) is 4.19. The van der Waals surface area contributed by atoms with E-state index in [1.54, 1.807) is 0 Å². The number of hydrogen-bond acceptors (Lipinski definition) is 3. The van der Waals surface area contributed by atoms with Crippen LogP contribution in [0, 0.1) is 0 Å². The fourth-order valence-electron chi connectivity index (χ4n) is 4.04. The Morgan fingerprint density at radius 2 is 1.23 bits per heavy atom. The van der Waals surface area contributed by atoms with Crippen molar-refractivity contribution in [2.24, 2.45) is 0 Å². The Morgan fingerprint density at radius 3 is 1.97 bits per heavy atom. The molecule has 0 aliphatic carbocycles. The van der Waals surface area contributed by atoms with Crippen molar-refractivity contribution >= 4 is 44.2 Å². The lowest BCUT2D eigenvalue weighted by atomic mass is 10.1. The molecular weight excluding hydrogens is 392 g/mol. The van der Waals surface area contributed by atoms with E-state index in [-0.39, 0.29) is 5.28 Å². The summed E-state index contributed by atoms with van der Waals surface area (Å²) >= 11 is 6.36. The maximum absolute atomic E-state index is 6.36. The van der Waals surface area contributed by atoms with Gasteiger partial charge < -0.3 is 0 Å². The monoisotopic (exact) mass is 406 g/mol. The van der Waals surface area contributed by atoms with Crippen molar-refractivity contribution in [2.75, 3.05) is 0 Å². The highest BCUT2D eigenvalue weighted by atomic mass is 35.5. The van der Waals surface area contributed by atoms with Crippen LogP contribution >= 0.6 is 11.6 Å². The van der Waals surface area contributed by atoms with E-state index in [0.717, 1.165) is 32.8 Å². The minimum atomic E-state index is 0.171. The molecule has 0 aliphatic heterocycles. The van der Waals surface area contributed by atoms with Gasteiger partial charge in [0.2, 0.25) is 11.2 Å². The van der Waals surface area contributed by atoms with Gasteiger partial charge in [-0.15, -0.1) is 0 Å². The Morgan fingerprint density at radius 1 is 0.600 bits per heavy atom. The molecule has 2 aromatic heterocycles. The predicted molar refractivity (Wildman–Crippen MR) is 122 cm³/mol. The third kappa shape index (κ3) is 2.65. The lowest BCUT2D eigenvalue weighted by molar-refractivity contribution is 0.947. The van der Waals surface area contributed by atoms with E-state index in [1.165, 1.54) is 5.39 Å². The number of hydrogen-bond donors (Lipinski definition) is 0. The molecule has 4 nitrogen and oxygen atoms in total. The zero-order chi connectivity index (χ0) is 20.1. The Labute approximate surface area is 177 Å². The predicted octanol–water partition coefficient (Wildman–Crippen LogP) is 6.44. The first kappa shape index (κ1) is 17.1. The quantitative estimate of drug-likeness (QED) is 0.332. The Hall–Kier alpha value is -3.76. The second-order valence-corrected chi connectivity index (χ2v) is 7.50. The SMILES string of the molecule is Clc1nc(-c2ccc3ccccc3c2)nc(-n2c3ccccc3c3ccccc32)n1. The lowest BCUT2D eigenvalue weighted by Crippen LogP contribution is -2.04. The van der Waals surface area contributed by atoms with Crippen LogP contribution < -0.4 is 0 Å². The molecule has 0 N–H and O–H groups in total. The first-order chi connectivity index (χ1) is 14.8. The average Bonchev–Trinajstić information content (AvgIpc) is 3.13. The molecule has 0 saturated heterocycles. The van der Waals surface area contributed by atoms with Gasteiger partial charge in [0.1, 0.15) is 0 Å². The maximum atomic E-state index is 6.36. The molecule has 5 heteroatoms. The zero-order valence-electron chi connectivity index (χ0n) is 15.8. The molecule has 4 aromatic carbocycles. The topological polar surface area (TPSA) is 43.6 Å². The minimum Gasteiger partial charge on any atom is -0.278 e. The summed E-state index contributed by atoms with van der Waals surface area (Å²) in [6, 6.07) is 30.9. The molecular formula is C25H15ClN4. The van der Waals surface area contributed by atoms with Crippen LogP contribution in [0.5, 0.6) is 0 Å². The number of aromatic nitrogens is 4. The van der Waals surface area contributed by atoms with Crippen molar-refractivity contribution in [1.82, 2.24) is 19.5 Å². The first-order valence-electron chi connectivity index (χ1n) is 9.67. The Bertz CT molecular complexity index is 1520. The molecule has 0 aliphatic rings. The fraction of sp³-hybridized carbons (Fsp3) is 0. The van der Waals surface area contributed by atoms with Gasteiger partial charge in [0.25, 0.3) is 0 Å². The summed E-state index contributed by atoms with van der Waals surface area (Å²) in [7, 11) is 0. The van der Waals surface area contributed by atoms with Crippen LogP contribution in [0.25, 0.3) is 49.9 Å². The summed E-state index contributed by atoms with van der Waals surface area (Å²) in [4.78, 5) is 13.7. The van der Waals surface area contributed by atoms with Gasteiger partial charge in [-0.2, -0.15) is 15.0 Å². The summed E-state index contributed by atoms with van der Waals surface area (Å²) < 4.78 is 2.04. The van der Waals surface area contributed by atoms with E-state index >= 15 is 0 Å². The van der Waals surface area contributed by atoms with Crippen LogP contribution in [0.3, 0.4) is 0 Å². The van der Waals surface area contributed by atoms with Crippen molar-refractivity contribution < 1.29 is 0 Å². The van der Waals surface area contributed by atoms with Crippen LogP contribution in [0.4, 0.5) is 0 Å². The molecule has 142 valence electrons. The van der Waals surface area contributed by atoms with Crippen molar-refractivity contribution in [2.45, 2.75) is 0 Å². The third-order valence-electron chi connectivity index (χ3n) is 5.38. The highest BCUT2D eigenvalue weighted by Gasteiger charge is 2.16. The average molecular weight is 407 g/mol. The standard InChI is InChI=1S/C25H15ClN4/c26-24-27-23(18-14-13-16-7-1-2-8-17(16)15-18)28-25(29-24)30-21-11-5-3-9-19(21)20-10-4-6-12-22(20)30/h1-15H. The molecule has 0 radical (unpaired) electrons. The van der Waals surface area contributed by atoms with Crippen molar-refractivity contribution in [3.63, 3.8) is 0 Å². The summed E-state index contributed by atoms with van der Waals surface area (Å²) in [5.41, 5.74) is 2.97. The largest absolute Gasteiger partial charge is 0.278 e. The number of rotatable bonds is 2. The van der Waals surface area contributed by atoms with Crippen LogP contribution in [0.15, 0.2) is 91.0 Å². The first-order valence-corrected chi connectivity index (χ1v) is 10.0. The number of para-hydroxylation sites is 2. The molecule has 0 amide bonds. The zero-order valence-corrected chi connectivity index (χ0v) is 16.6. The van der Waals surface area contributed by atoms with Gasteiger partial charge in [0.05, 0.1) is 11.0 Å². The van der Waals surface area contributed by atoms with E-state index in [4.69, 9.17) is 16.6 Å². The molecule has 0 spiro atoms. The third-order valence-corrected chi connectivity index (χ3v) is 5.55. The highest BCUT2D eigenvalue weighted by Crippen LogP contribution is 2.31. The lowest BCUT2D eigenvalue weighted by Gasteiger charge is -2.09. The Balaban J connectivity index is 1.62. The smallest absolute Gasteiger partial charge is 0.239 e. The van der Waals surface area contributed by atoms with E-state index in [0.29, 0.717) is 11.8 Å².